The summed E-state index contributed by atoms with van der Waals surface area (Å²) in [6.45, 7) is 4.74. The lowest BCUT2D eigenvalue weighted by Gasteiger charge is -2.24. The number of aryl methyl sites for hydroxylation is 1. The second-order valence-electron chi connectivity index (χ2n) is 7.43. The zero-order valence-electron chi connectivity index (χ0n) is 15.3. The fraction of sp³-hybridized carbons (Fsp3) is 0.550. The molecule has 6 heteroatoms. The molecule has 2 aliphatic rings. The van der Waals surface area contributed by atoms with Gasteiger partial charge < -0.3 is 14.7 Å². The van der Waals surface area contributed by atoms with Crippen molar-refractivity contribution in [2.75, 3.05) is 19.6 Å². The van der Waals surface area contributed by atoms with Gasteiger partial charge in [-0.3, -0.25) is 4.79 Å². The quantitative estimate of drug-likeness (QED) is 0.914. The van der Waals surface area contributed by atoms with Crippen molar-refractivity contribution in [2.45, 2.75) is 45.1 Å². The van der Waals surface area contributed by atoms with E-state index in [1.54, 1.807) is 6.92 Å². The van der Waals surface area contributed by atoms with Crippen LogP contribution in [0.3, 0.4) is 0 Å². The predicted molar refractivity (Wildman–Crippen MR) is 97.8 cm³/mol. The van der Waals surface area contributed by atoms with Crippen LogP contribution in [0.4, 0.5) is 0 Å². The van der Waals surface area contributed by atoms with Crippen molar-refractivity contribution in [3.8, 4) is 0 Å². The van der Waals surface area contributed by atoms with Gasteiger partial charge >= 0.3 is 0 Å². The van der Waals surface area contributed by atoms with E-state index < -0.39 is 0 Å². The molecular formula is C20H26N4O2. The van der Waals surface area contributed by atoms with Crippen LogP contribution in [0.25, 0.3) is 0 Å². The van der Waals surface area contributed by atoms with Crippen LogP contribution in [0.1, 0.15) is 59.4 Å². The normalized spacial score (nSPS) is 21.3. The highest BCUT2D eigenvalue weighted by Crippen LogP contribution is 2.32. The average Bonchev–Trinajstić information content (AvgIpc) is 3.31. The third kappa shape index (κ3) is 3.65. The van der Waals surface area contributed by atoms with E-state index in [0.717, 1.165) is 44.5 Å². The van der Waals surface area contributed by atoms with Crippen LogP contribution >= 0.6 is 0 Å². The Bertz CT molecular complexity index is 767. The number of carbonyl (C=O) groups is 1. The summed E-state index contributed by atoms with van der Waals surface area (Å²) in [5.41, 5.74) is 2.02. The minimum absolute atomic E-state index is 0.0653. The van der Waals surface area contributed by atoms with Gasteiger partial charge in [0.2, 0.25) is 5.89 Å². The molecule has 1 aromatic heterocycles. The number of nitrogens with zero attached hydrogens (tertiary/aromatic N) is 3. The molecule has 0 spiro atoms. The van der Waals surface area contributed by atoms with E-state index >= 15 is 0 Å². The number of benzene rings is 1. The van der Waals surface area contributed by atoms with Gasteiger partial charge in [0.05, 0.1) is 0 Å². The Balaban J connectivity index is 1.49. The number of amides is 1. The molecular weight excluding hydrogens is 328 g/mol. The summed E-state index contributed by atoms with van der Waals surface area (Å²) in [5, 5.41) is 7.29. The molecule has 2 aromatic rings. The molecule has 2 saturated heterocycles. The van der Waals surface area contributed by atoms with Crippen LogP contribution < -0.4 is 5.32 Å². The Hall–Kier alpha value is -2.21. The maximum atomic E-state index is 13.1. The highest BCUT2D eigenvalue weighted by Gasteiger charge is 2.34. The minimum atomic E-state index is -0.100. The number of carbonyl (C=O) groups excluding carboxylic acids is 1. The standard InChI is InChI=1S/C20H26N4O2/c1-14-22-19(26-23-14)18-6-3-11-24(18)20(25)17-5-2-4-16(13-17)12-15-7-9-21-10-8-15/h2,4-5,13,15,18,21H,3,6-12H2,1H3/t18-/m1/s1. The fourth-order valence-electron chi connectivity index (χ4n) is 4.13. The number of likely N-dealkylation sites (tertiary alicyclic amines) is 1. The number of piperidine rings is 1. The van der Waals surface area contributed by atoms with E-state index in [9.17, 15) is 4.79 Å². The first-order valence-corrected chi connectivity index (χ1v) is 9.61. The van der Waals surface area contributed by atoms with Gasteiger partial charge in [0.1, 0.15) is 6.04 Å². The van der Waals surface area contributed by atoms with Gasteiger partial charge in [-0.2, -0.15) is 4.98 Å². The molecule has 0 aliphatic carbocycles. The second kappa shape index (κ2) is 7.58. The summed E-state index contributed by atoms with van der Waals surface area (Å²) < 4.78 is 5.33. The molecule has 1 amide bonds. The van der Waals surface area contributed by atoms with E-state index in [4.69, 9.17) is 4.52 Å². The Kier molecular flexibility index (Phi) is 5.02. The fourth-order valence-corrected chi connectivity index (χ4v) is 4.13. The van der Waals surface area contributed by atoms with Gasteiger partial charge in [-0.1, -0.05) is 17.3 Å². The maximum Gasteiger partial charge on any atom is 0.254 e. The smallest absolute Gasteiger partial charge is 0.254 e. The molecule has 138 valence electrons. The van der Waals surface area contributed by atoms with Crippen molar-refractivity contribution < 1.29 is 9.32 Å². The maximum absolute atomic E-state index is 13.1. The number of hydrogen-bond acceptors (Lipinski definition) is 5. The molecule has 6 nitrogen and oxygen atoms in total. The number of aromatic nitrogens is 2. The SMILES string of the molecule is Cc1noc([C@H]2CCCN2C(=O)c2cccc(CC3CCNCC3)c2)n1. The van der Waals surface area contributed by atoms with Crippen molar-refractivity contribution in [3.05, 3.63) is 47.1 Å². The lowest BCUT2D eigenvalue weighted by molar-refractivity contribution is 0.0710. The molecule has 3 heterocycles. The monoisotopic (exact) mass is 354 g/mol. The molecule has 26 heavy (non-hydrogen) atoms. The molecule has 0 radical (unpaired) electrons. The van der Waals surface area contributed by atoms with Crippen LogP contribution in [0.15, 0.2) is 28.8 Å². The summed E-state index contributed by atoms with van der Waals surface area (Å²) in [6.07, 6.45) is 5.32. The van der Waals surface area contributed by atoms with Crippen LogP contribution in [-0.2, 0) is 6.42 Å². The lowest BCUT2D eigenvalue weighted by atomic mass is 9.90. The van der Waals surface area contributed by atoms with Crippen LogP contribution in [0.2, 0.25) is 0 Å². The van der Waals surface area contributed by atoms with Gasteiger partial charge in [-0.15, -0.1) is 0 Å². The summed E-state index contributed by atoms with van der Waals surface area (Å²) in [4.78, 5) is 19.3. The first-order chi connectivity index (χ1) is 12.7. The van der Waals surface area contributed by atoms with Crippen LogP contribution in [0, 0.1) is 12.8 Å². The van der Waals surface area contributed by atoms with Crippen molar-refractivity contribution in [2.24, 2.45) is 5.92 Å². The highest BCUT2D eigenvalue weighted by molar-refractivity contribution is 5.94. The van der Waals surface area contributed by atoms with E-state index in [1.807, 2.05) is 17.0 Å². The zero-order chi connectivity index (χ0) is 17.9. The first-order valence-electron chi connectivity index (χ1n) is 9.61. The summed E-state index contributed by atoms with van der Waals surface area (Å²) in [6, 6.07) is 8.03. The molecule has 0 bridgehead atoms. The Morgan fingerprint density at radius 3 is 2.92 bits per heavy atom. The van der Waals surface area contributed by atoms with Gasteiger partial charge in [0.15, 0.2) is 5.82 Å². The van der Waals surface area contributed by atoms with E-state index in [-0.39, 0.29) is 11.9 Å². The van der Waals surface area contributed by atoms with Crippen LogP contribution in [0.5, 0.6) is 0 Å². The van der Waals surface area contributed by atoms with Gasteiger partial charge in [-0.25, -0.2) is 0 Å². The van der Waals surface area contributed by atoms with E-state index in [1.165, 1.54) is 18.4 Å². The van der Waals surface area contributed by atoms with E-state index in [0.29, 0.717) is 17.6 Å². The molecule has 1 aromatic carbocycles. The molecule has 4 rings (SSSR count). The molecule has 0 unspecified atom stereocenters. The number of hydrogen-bond donors (Lipinski definition) is 1. The lowest BCUT2D eigenvalue weighted by Crippen LogP contribution is -2.31. The second-order valence-corrected chi connectivity index (χ2v) is 7.43. The predicted octanol–water partition coefficient (Wildman–Crippen LogP) is 2.90. The molecule has 0 saturated carbocycles. The molecule has 1 N–H and O–H groups in total. The Labute approximate surface area is 154 Å². The van der Waals surface area contributed by atoms with Crippen molar-refractivity contribution in [3.63, 3.8) is 0 Å². The topological polar surface area (TPSA) is 71.3 Å². The van der Waals surface area contributed by atoms with Gasteiger partial charge in [-0.05, 0) is 75.7 Å². The van der Waals surface area contributed by atoms with Gasteiger partial charge in [0.25, 0.3) is 5.91 Å². The molecule has 1 atom stereocenters. The van der Waals surface area contributed by atoms with Crippen molar-refractivity contribution >= 4 is 5.91 Å². The number of rotatable bonds is 4. The minimum Gasteiger partial charge on any atom is -0.337 e. The third-order valence-electron chi connectivity index (χ3n) is 5.50. The average molecular weight is 354 g/mol. The van der Waals surface area contributed by atoms with Crippen LogP contribution in [-0.4, -0.2) is 40.6 Å². The largest absolute Gasteiger partial charge is 0.337 e. The zero-order valence-corrected chi connectivity index (χ0v) is 15.3. The number of nitrogens with one attached hydrogen (secondary N) is 1. The summed E-state index contributed by atoms with van der Waals surface area (Å²) >= 11 is 0. The molecule has 2 fully saturated rings. The van der Waals surface area contributed by atoms with Crippen molar-refractivity contribution in [1.82, 2.24) is 20.4 Å². The summed E-state index contributed by atoms with van der Waals surface area (Å²) in [5.74, 6) is 1.94. The first kappa shape index (κ1) is 17.2. The Morgan fingerprint density at radius 2 is 2.15 bits per heavy atom. The van der Waals surface area contributed by atoms with Crippen molar-refractivity contribution in [1.29, 1.82) is 0 Å². The summed E-state index contributed by atoms with van der Waals surface area (Å²) in [7, 11) is 0. The third-order valence-corrected chi connectivity index (χ3v) is 5.50. The van der Waals surface area contributed by atoms with E-state index in [2.05, 4.69) is 27.6 Å². The molecule has 2 aliphatic heterocycles. The highest BCUT2D eigenvalue weighted by atomic mass is 16.5. The Morgan fingerprint density at radius 1 is 1.31 bits per heavy atom. The van der Waals surface area contributed by atoms with Gasteiger partial charge in [0, 0.05) is 12.1 Å².